The molecule has 4 heteroatoms. The van der Waals surface area contributed by atoms with Gasteiger partial charge in [-0.2, -0.15) is 0 Å². The van der Waals surface area contributed by atoms with Gasteiger partial charge in [0.05, 0.1) is 6.61 Å². The summed E-state index contributed by atoms with van der Waals surface area (Å²) in [5, 5.41) is 4.11. The molecule has 2 aromatic carbocycles. The van der Waals surface area contributed by atoms with Crippen molar-refractivity contribution in [2.75, 3.05) is 11.9 Å². The molecule has 20 heavy (non-hydrogen) atoms. The van der Waals surface area contributed by atoms with Crippen molar-refractivity contribution in [1.29, 1.82) is 0 Å². The molecule has 0 saturated heterocycles. The van der Waals surface area contributed by atoms with Gasteiger partial charge in [0.1, 0.15) is 5.75 Å². The zero-order valence-electron chi connectivity index (χ0n) is 11.3. The van der Waals surface area contributed by atoms with Crippen LogP contribution in [0.5, 0.6) is 5.75 Å². The van der Waals surface area contributed by atoms with Crippen LogP contribution in [0.4, 0.5) is 5.69 Å². The van der Waals surface area contributed by atoms with Crippen molar-refractivity contribution in [2.24, 2.45) is 0 Å². The van der Waals surface area contributed by atoms with Gasteiger partial charge in [-0.3, -0.25) is 0 Å². The molecule has 0 amide bonds. The molecule has 0 aliphatic rings. The Bertz CT molecular complexity index is 557. The van der Waals surface area contributed by atoms with E-state index in [0.29, 0.717) is 6.54 Å². The van der Waals surface area contributed by atoms with E-state index in [-0.39, 0.29) is 0 Å². The highest BCUT2D eigenvalue weighted by molar-refractivity contribution is 9.10. The van der Waals surface area contributed by atoms with Crippen LogP contribution in [-0.4, -0.2) is 6.61 Å². The van der Waals surface area contributed by atoms with E-state index in [1.54, 1.807) is 0 Å². The van der Waals surface area contributed by atoms with Crippen LogP contribution in [0, 0.1) is 0 Å². The lowest BCUT2D eigenvalue weighted by Gasteiger charge is -2.10. The maximum Gasteiger partial charge on any atom is 0.119 e. The summed E-state index contributed by atoms with van der Waals surface area (Å²) < 4.78 is 6.54. The molecule has 0 spiro atoms. The first-order valence-electron chi connectivity index (χ1n) is 6.59. The number of ether oxygens (including phenoxy) is 1. The minimum atomic E-state index is 0.696. The maximum absolute atomic E-state index is 6.19. The van der Waals surface area contributed by atoms with E-state index in [9.17, 15) is 0 Å². The summed E-state index contributed by atoms with van der Waals surface area (Å²) in [6, 6.07) is 13.9. The number of hydrogen-bond acceptors (Lipinski definition) is 2. The molecular weight excluding hydrogens is 338 g/mol. The second-order valence-electron chi connectivity index (χ2n) is 4.46. The first-order chi connectivity index (χ1) is 9.69. The summed E-state index contributed by atoms with van der Waals surface area (Å²) in [5.41, 5.74) is 2.12. The Hall–Kier alpha value is -1.19. The molecule has 0 atom stereocenters. The first kappa shape index (κ1) is 15.2. The van der Waals surface area contributed by atoms with E-state index >= 15 is 0 Å². The molecule has 0 aliphatic heterocycles. The Morgan fingerprint density at radius 3 is 2.55 bits per heavy atom. The Kier molecular flexibility index (Phi) is 5.74. The molecule has 0 aromatic heterocycles. The normalized spacial score (nSPS) is 10.3. The van der Waals surface area contributed by atoms with E-state index in [1.807, 2.05) is 42.5 Å². The molecule has 0 unspecified atom stereocenters. The maximum atomic E-state index is 6.19. The Morgan fingerprint density at radius 2 is 1.90 bits per heavy atom. The lowest BCUT2D eigenvalue weighted by molar-refractivity contribution is 0.317. The van der Waals surface area contributed by atoms with Gasteiger partial charge in [0.25, 0.3) is 0 Å². The van der Waals surface area contributed by atoms with Crippen LogP contribution in [0.1, 0.15) is 18.9 Å². The van der Waals surface area contributed by atoms with Crippen LogP contribution in [0.25, 0.3) is 0 Å². The van der Waals surface area contributed by atoms with Crippen LogP contribution < -0.4 is 10.1 Å². The lowest BCUT2D eigenvalue weighted by Crippen LogP contribution is -2.00. The fourth-order valence-corrected chi connectivity index (χ4v) is 2.49. The number of benzene rings is 2. The Balaban J connectivity index is 1.93. The van der Waals surface area contributed by atoms with Gasteiger partial charge in [0.2, 0.25) is 0 Å². The summed E-state index contributed by atoms with van der Waals surface area (Å²) in [7, 11) is 0. The largest absolute Gasteiger partial charge is 0.494 e. The third kappa shape index (κ3) is 4.43. The molecule has 1 N–H and O–H groups in total. The average molecular weight is 355 g/mol. The standard InChI is InChI=1S/C16H17BrClNO/c1-2-9-20-15-7-5-14(6-8-15)19-11-12-3-4-13(17)10-16(12)18/h3-8,10,19H,2,9,11H2,1H3. The monoisotopic (exact) mass is 353 g/mol. The second kappa shape index (κ2) is 7.55. The molecule has 2 rings (SSSR count). The van der Waals surface area contributed by atoms with Gasteiger partial charge < -0.3 is 10.1 Å². The number of halogens is 2. The molecule has 2 aromatic rings. The van der Waals surface area contributed by atoms with Crippen LogP contribution >= 0.6 is 27.5 Å². The van der Waals surface area contributed by atoms with Crippen molar-refractivity contribution >= 4 is 33.2 Å². The molecule has 0 aliphatic carbocycles. The molecule has 106 valence electrons. The molecule has 2 nitrogen and oxygen atoms in total. The predicted molar refractivity (Wildman–Crippen MR) is 88.7 cm³/mol. The molecule has 0 radical (unpaired) electrons. The quantitative estimate of drug-likeness (QED) is 0.739. The van der Waals surface area contributed by atoms with Crippen molar-refractivity contribution in [3.05, 3.63) is 57.5 Å². The Morgan fingerprint density at radius 1 is 1.15 bits per heavy atom. The van der Waals surface area contributed by atoms with Crippen molar-refractivity contribution < 1.29 is 4.74 Å². The first-order valence-corrected chi connectivity index (χ1v) is 7.77. The van der Waals surface area contributed by atoms with Gasteiger partial charge in [-0.05, 0) is 48.4 Å². The van der Waals surface area contributed by atoms with Crippen LogP contribution in [0.15, 0.2) is 46.9 Å². The van der Waals surface area contributed by atoms with E-state index in [0.717, 1.165) is 39.5 Å². The lowest BCUT2D eigenvalue weighted by atomic mass is 10.2. The van der Waals surface area contributed by atoms with Gasteiger partial charge in [-0.25, -0.2) is 0 Å². The van der Waals surface area contributed by atoms with Crippen LogP contribution in [-0.2, 0) is 6.54 Å². The van der Waals surface area contributed by atoms with Gasteiger partial charge >= 0.3 is 0 Å². The van der Waals surface area contributed by atoms with Gasteiger partial charge in [-0.1, -0.05) is 40.5 Å². The zero-order valence-corrected chi connectivity index (χ0v) is 13.7. The van der Waals surface area contributed by atoms with Crippen LogP contribution in [0.2, 0.25) is 5.02 Å². The smallest absolute Gasteiger partial charge is 0.119 e. The molecular formula is C16H17BrClNO. The van der Waals surface area contributed by atoms with E-state index in [1.165, 1.54) is 0 Å². The van der Waals surface area contributed by atoms with Gasteiger partial charge in [0.15, 0.2) is 0 Å². The fraction of sp³-hybridized carbons (Fsp3) is 0.250. The molecule has 0 fully saturated rings. The van der Waals surface area contributed by atoms with Crippen LogP contribution in [0.3, 0.4) is 0 Å². The summed E-state index contributed by atoms with van der Waals surface area (Å²) in [6.07, 6.45) is 1.02. The zero-order chi connectivity index (χ0) is 14.4. The summed E-state index contributed by atoms with van der Waals surface area (Å²) in [4.78, 5) is 0. The minimum Gasteiger partial charge on any atom is -0.494 e. The van der Waals surface area contributed by atoms with Gasteiger partial charge in [0, 0.05) is 21.7 Å². The summed E-state index contributed by atoms with van der Waals surface area (Å²) in [5.74, 6) is 0.902. The highest BCUT2D eigenvalue weighted by Crippen LogP contribution is 2.23. The van der Waals surface area contributed by atoms with E-state index < -0.39 is 0 Å². The average Bonchev–Trinajstić information content (AvgIpc) is 2.45. The highest BCUT2D eigenvalue weighted by atomic mass is 79.9. The van der Waals surface area contributed by atoms with Crippen molar-refractivity contribution in [3.63, 3.8) is 0 Å². The molecule has 0 saturated carbocycles. The van der Waals surface area contributed by atoms with E-state index in [4.69, 9.17) is 16.3 Å². The number of anilines is 1. The predicted octanol–water partition coefficient (Wildman–Crippen LogP) is 5.50. The van der Waals surface area contributed by atoms with Crippen molar-refractivity contribution in [1.82, 2.24) is 0 Å². The Labute approximate surface area is 133 Å². The minimum absolute atomic E-state index is 0.696. The second-order valence-corrected chi connectivity index (χ2v) is 5.78. The molecule has 0 heterocycles. The third-order valence-corrected chi connectivity index (χ3v) is 3.67. The number of rotatable bonds is 6. The summed E-state index contributed by atoms with van der Waals surface area (Å²) in [6.45, 7) is 3.54. The third-order valence-electron chi connectivity index (χ3n) is 2.83. The highest BCUT2D eigenvalue weighted by Gasteiger charge is 2.01. The topological polar surface area (TPSA) is 21.3 Å². The number of hydrogen-bond donors (Lipinski definition) is 1. The van der Waals surface area contributed by atoms with Crippen molar-refractivity contribution in [3.8, 4) is 5.75 Å². The van der Waals surface area contributed by atoms with Gasteiger partial charge in [-0.15, -0.1) is 0 Å². The molecule has 0 bridgehead atoms. The number of nitrogens with one attached hydrogen (secondary N) is 1. The summed E-state index contributed by atoms with van der Waals surface area (Å²) >= 11 is 9.59. The SMILES string of the molecule is CCCOc1ccc(NCc2ccc(Br)cc2Cl)cc1. The van der Waals surface area contributed by atoms with E-state index in [2.05, 4.69) is 28.2 Å². The van der Waals surface area contributed by atoms with Crippen molar-refractivity contribution in [2.45, 2.75) is 19.9 Å². The fourth-order valence-electron chi connectivity index (χ4n) is 1.75.